The Bertz CT molecular complexity index is 278. The van der Waals surface area contributed by atoms with Crippen LogP contribution in [0.2, 0.25) is 0 Å². The van der Waals surface area contributed by atoms with Crippen LogP contribution in [-0.4, -0.2) is 16.3 Å². The molecular formula is C10H18N2O. The molecule has 0 unspecified atom stereocenters. The smallest absolute Gasteiger partial charge is 0.0523 e. The van der Waals surface area contributed by atoms with Crippen LogP contribution >= 0.6 is 0 Å². The molecule has 1 atom stereocenters. The summed E-state index contributed by atoms with van der Waals surface area (Å²) >= 11 is 0. The molecule has 3 nitrogen and oxygen atoms in total. The third-order valence-corrected chi connectivity index (χ3v) is 2.55. The highest BCUT2D eigenvalue weighted by Gasteiger charge is 2.28. The minimum absolute atomic E-state index is 0.0966. The molecule has 1 aromatic heterocycles. The van der Waals surface area contributed by atoms with Crippen molar-refractivity contribution in [3.8, 4) is 0 Å². The van der Waals surface area contributed by atoms with Gasteiger partial charge in [-0.2, -0.15) is 0 Å². The molecule has 0 fully saturated rings. The van der Waals surface area contributed by atoms with Crippen molar-refractivity contribution in [2.24, 2.45) is 18.2 Å². The van der Waals surface area contributed by atoms with Gasteiger partial charge >= 0.3 is 0 Å². The zero-order chi connectivity index (χ0) is 10.1. The Labute approximate surface area is 79.2 Å². The van der Waals surface area contributed by atoms with Crippen molar-refractivity contribution in [2.75, 3.05) is 6.61 Å². The summed E-state index contributed by atoms with van der Waals surface area (Å²) in [5, 5.41) is 9.16. The van der Waals surface area contributed by atoms with E-state index in [9.17, 15) is 0 Å². The molecule has 0 aliphatic heterocycles. The lowest BCUT2D eigenvalue weighted by Gasteiger charge is -2.29. The van der Waals surface area contributed by atoms with Crippen LogP contribution in [-0.2, 0) is 7.05 Å². The molecule has 0 amide bonds. The van der Waals surface area contributed by atoms with E-state index in [1.165, 1.54) is 0 Å². The van der Waals surface area contributed by atoms with Crippen molar-refractivity contribution in [3.63, 3.8) is 0 Å². The third kappa shape index (κ3) is 1.92. The van der Waals surface area contributed by atoms with Crippen LogP contribution in [0, 0.1) is 5.41 Å². The minimum Gasteiger partial charge on any atom is -0.396 e. The fourth-order valence-electron chi connectivity index (χ4n) is 1.30. The molecular weight excluding hydrogens is 164 g/mol. The number of aliphatic hydroxyl groups is 1. The molecule has 0 saturated carbocycles. The molecule has 1 heterocycles. The Morgan fingerprint density at radius 3 is 2.62 bits per heavy atom. The Morgan fingerprint density at radius 1 is 1.62 bits per heavy atom. The van der Waals surface area contributed by atoms with E-state index in [1.807, 2.05) is 43.8 Å². The number of aryl methyl sites for hydroxylation is 1. The largest absolute Gasteiger partial charge is 0.396 e. The van der Waals surface area contributed by atoms with Gasteiger partial charge in [0.15, 0.2) is 0 Å². The van der Waals surface area contributed by atoms with Crippen LogP contribution in [0.4, 0.5) is 0 Å². The maximum absolute atomic E-state index is 9.16. The van der Waals surface area contributed by atoms with Gasteiger partial charge in [-0.05, 0) is 12.1 Å². The summed E-state index contributed by atoms with van der Waals surface area (Å²) in [6, 6.07) is 3.82. The molecule has 0 bridgehead atoms. The van der Waals surface area contributed by atoms with Gasteiger partial charge in [0.2, 0.25) is 0 Å². The topological polar surface area (TPSA) is 51.2 Å². The molecule has 74 valence electrons. The fourth-order valence-corrected chi connectivity index (χ4v) is 1.30. The van der Waals surface area contributed by atoms with Crippen LogP contribution in [0.3, 0.4) is 0 Å². The number of rotatable bonds is 3. The van der Waals surface area contributed by atoms with Gasteiger partial charge in [0.1, 0.15) is 0 Å². The summed E-state index contributed by atoms with van der Waals surface area (Å²) < 4.78 is 1.99. The first-order valence-electron chi connectivity index (χ1n) is 4.46. The maximum atomic E-state index is 9.16. The molecule has 13 heavy (non-hydrogen) atoms. The fraction of sp³-hybridized carbons (Fsp3) is 0.600. The SMILES string of the molecule is Cn1cccc1[C@@H](N)C(C)(C)CO. The van der Waals surface area contributed by atoms with E-state index < -0.39 is 0 Å². The van der Waals surface area contributed by atoms with Crippen LogP contribution in [0.5, 0.6) is 0 Å². The summed E-state index contributed by atoms with van der Waals surface area (Å²) in [5.74, 6) is 0. The van der Waals surface area contributed by atoms with Crippen molar-refractivity contribution in [1.29, 1.82) is 0 Å². The summed E-state index contributed by atoms with van der Waals surface area (Å²) in [6.07, 6.45) is 1.96. The van der Waals surface area contributed by atoms with Gasteiger partial charge in [-0.25, -0.2) is 0 Å². The molecule has 1 rings (SSSR count). The zero-order valence-electron chi connectivity index (χ0n) is 8.49. The standard InChI is InChI=1S/C10H18N2O/c1-10(2,7-13)9(11)8-5-4-6-12(8)3/h4-6,9,13H,7,11H2,1-3H3/t9-/m1/s1. The average Bonchev–Trinajstić information content (AvgIpc) is 2.50. The van der Waals surface area contributed by atoms with Crippen LogP contribution in [0.25, 0.3) is 0 Å². The Morgan fingerprint density at radius 2 is 2.23 bits per heavy atom. The molecule has 0 aliphatic carbocycles. The highest BCUT2D eigenvalue weighted by Crippen LogP contribution is 2.30. The molecule has 0 aliphatic rings. The number of hydrogen-bond acceptors (Lipinski definition) is 2. The first-order chi connectivity index (χ1) is 5.99. The molecule has 0 spiro atoms. The normalized spacial score (nSPS) is 14.5. The van der Waals surface area contributed by atoms with Gasteiger partial charge in [-0.15, -0.1) is 0 Å². The highest BCUT2D eigenvalue weighted by atomic mass is 16.3. The van der Waals surface area contributed by atoms with Gasteiger partial charge in [-0.3, -0.25) is 0 Å². The first kappa shape index (κ1) is 10.3. The van der Waals surface area contributed by atoms with Crippen molar-refractivity contribution < 1.29 is 5.11 Å². The number of nitrogens with two attached hydrogens (primary N) is 1. The molecule has 1 aromatic rings. The van der Waals surface area contributed by atoms with Gasteiger partial charge in [-0.1, -0.05) is 13.8 Å². The number of aromatic nitrogens is 1. The minimum atomic E-state index is -0.272. The number of nitrogens with zero attached hydrogens (tertiary/aromatic N) is 1. The molecule has 0 radical (unpaired) electrons. The summed E-state index contributed by atoms with van der Waals surface area (Å²) in [5.41, 5.74) is 6.83. The predicted octanol–water partition coefficient (Wildman–Crippen LogP) is 1.04. The van der Waals surface area contributed by atoms with Gasteiger partial charge in [0.25, 0.3) is 0 Å². The quantitative estimate of drug-likeness (QED) is 0.734. The van der Waals surface area contributed by atoms with Crippen molar-refractivity contribution in [3.05, 3.63) is 24.0 Å². The Kier molecular flexibility index (Phi) is 2.78. The Balaban J connectivity index is 2.91. The number of aliphatic hydroxyl groups excluding tert-OH is 1. The third-order valence-electron chi connectivity index (χ3n) is 2.55. The molecule has 0 aromatic carbocycles. The first-order valence-corrected chi connectivity index (χ1v) is 4.46. The van der Waals surface area contributed by atoms with Gasteiger partial charge in [0.05, 0.1) is 12.6 Å². The Hall–Kier alpha value is -0.800. The highest BCUT2D eigenvalue weighted by molar-refractivity contribution is 5.13. The van der Waals surface area contributed by atoms with E-state index in [0.29, 0.717) is 0 Å². The monoisotopic (exact) mass is 182 g/mol. The van der Waals surface area contributed by atoms with Crippen LogP contribution < -0.4 is 5.73 Å². The van der Waals surface area contributed by atoms with Crippen molar-refractivity contribution in [2.45, 2.75) is 19.9 Å². The second kappa shape index (κ2) is 3.52. The van der Waals surface area contributed by atoms with Gasteiger partial charge in [0, 0.05) is 24.4 Å². The summed E-state index contributed by atoms with van der Waals surface area (Å²) in [7, 11) is 1.96. The van der Waals surface area contributed by atoms with Crippen molar-refractivity contribution in [1.82, 2.24) is 4.57 Å². The second-order valence-corrected chi connectivity index (χ2v) is 4.17. The van der Waals surface area contributed by atoms with E-state index in [0.717, 1.165) is 5.69 Å². The molecule has 3 N–H and O–H groups in total. The van der Waals surface area contributed by atoms with E-state index >= 15 is 0 Å². The molecule has 3 heteroatoms. The van der Waals surface area contributed by atoms with Crippen LogP contribution in [0.1, 0.15) is 25.6 Å². The maximum Gasteiger partial charge on any atom is 0.0523 e. The molecule has 0 saturated heterocycles. The van der Waals surface area contributed by atoms with E-state index in [1.54, 1.807) is 0 Å². The van der Waals surface area contributed by atoms with E-state index in [4.69, 9.17) is 10.8 Å². The lowest BCUT2D eigenvalue weighted by molar-refractivity contribution is 0.129. The number of hydrogen-bond donors (Lipinski definition) is 2. The van der Waals surface area contributed by atoms with Crippen LogP contribution in [0.15, 0.2) is 18.3 Å². The zero-order valence-corrected chi connectivity index (χ0v) is 8.49. The summed E-state index contributed by atoms with van der Waals surface area (Å²) in [4.78, 5) is 0. The van der Waals surface area contributed by atoms with Crippen molar-refractivity contribution >= 4 is 0 Å². The lowest BCUT2D eigenvalue weighted by atomic mass is 9.84. The van der Waals surface area contributed by atoms with E-state index in [-0.39, 0.29) is 18.1 Å². The summed E-state index contributed by atoms with van der Waals surface area (Å²) in [6.45, 7) is 4.02. The average molecular weight is 182 g/mol. The second-order valence-electron chi connectivity index (χ2n) is 4.17. The predicted molar refractivity (Wildman–Crippen MR) is 53.2 cm³/mol. The lowest BCUT2D eigenvalue weighted by Crippen LogP contribution is -2.33. The van der Waals surface area contributed by atoms with Gasteiger partial charge < -0.3 is 15.4 Å². The van der Waals surface area contributed by atoms with E-state index in [2.05, 4.69) is 0 Å².